The summed E-state index contributed by atoms with van der Waals surface area (Å²) in [4.78, 5) is 55.6. The predicted octanol–water partition coefficient (Wildman–Crippen LogP) is 21.3. The zero-order valence-electron chi connectivity index (χ0n) is 53.7. The number of aromatic nitrogens is 11. The van der Waals surface area contributed by atoms with E-state index in [1.54, 1.807) is 6.20 Å². The molecule has 11 heteroatoms. The van der Waals surface area contributed by atoms with E-state index >= 15 is 0 Å². The van der Waals surface area contributed by atoms with Gasteiger partial charge in [0.1, 0.15) is 0 Å². The summed E-state index contributed by atoms with van der Waals surface area (Å²) in [5.41, 5.74) is 23.7. The molecular weight excluding hydrogens is 1220 g/mol. The Morgan fingerprint density at radius 2 is 0.470 bits per heavy atom. The molecule has 18 aromatic rings. The third-order valence-corrected chi connectivity index (χ3v) is 18.2. The average molecular weight is 1280 g/mol. The monoisotopic (exact) mass is 1280 g/mol. The minimum absolute atomic E-state index is 0.589. The van der Waals surface area contributed by atoms with Crippen molar-refractivity contribution in [3.63, 3.8) is 0 Å². The summed E-state index contributed by atoms with van der Waals surface area (Å²) in [6.45, 7) is 0. The summed E-state index contributed by atoms with van der Waals surface area (Å²) in [5.74, 6) is 2.43. The van der Waals surface area contributed by atoms with Crippen molar-refractivity contribution in [2.45, 2.75) is 0 Å². The lowest BCUT2D eigenvalue weighted by Gasteiger charge is -2.12. The second-order valence-electron chi connectivity index (χ2n) is 24.7. The largest absolute Gasteiger partial charge is 0.255 e. The molecule has 0 N–H and O–H groups in total. The van der Waals surface area contributed by atoms with Gasteiger partial charge in [-0.15, -0.1) is 0 Å². The number of rotatable bonds is 13. The Labute approximate surface area is 575 Å². The summed E-state index contributed by atoms with van der Waals surface area (Å²) in [6.07, 6.45) is 3.65. The van der Waals surface area contributed by atoms with Crippen LogP contribution in [0.25, 0.3) is 190 Å². The second kappa shape index (κ2) is 25.4. The van der Waals surface area contributed by atoms with Crippen LogP contribution in [-0.2, 0) is 0 Å². The maximum Gasteiger partial charge on any atom is 0.164 e. The molecule has 0 atom stereocenters. The van der Waals surface area contributed by atoms with Gasteiger partial charge in [-0.3, -0.25) is 9.97 Å². The number of nitrogens with zero attached hydrogens (tertiary/aromatic N) is 11. The van der Waals surface area contributed by atoms with Crippen LogP contribution in [0.15, 0.2) is 334 Å². The van der Waals surface area contributed by atoms with Crippen molar-refractivity contribution in [3.05, 3.63) is 334 Å². The van der Waals surface area contributed by atoms with Crippen LogP contribution in [0.2, 0.25) is 0 Å². The van der Waals surface area contributed by atoms with E-state index in [9.17, 15) is 0 Å². The molecule has 8 aromatic heterocycles. The molecule has 18 rings (SSSR count). The Morgan fingerprint density at radius 3 is 0.960 bits per heavy atom. The molecule has 0 bridgehead atoms. The van der Waals surface area contributed by atoms with Crippen LogP contribution in [0, 0.1) is 0 Å². The van der Waals surface area contributed by atoms with Crippen molar-refractivity contribution in [1.82, 2.24) is 54.8 Å². The number of fused-ring (bicyclic) bond motifs is 4. The highest BCUT2D eigenvalue weighted by molar-refractivity contribution is 5.93. The first kappa shape index (κ1) is 58.8. The molecule has 466 valence electrons. The third kappa shape index (κ3) is 11.8. The molecule has 11 nitrogen and oxygen atoms in total. The summed E-state index contributed by atoms with van der Waals surface area (Å²) in [7, 11) is 0. The highest BCUT2D eigenvalue weighted by Gasteiger charge is 2.18. The molecule has 0 spiro atoms. The molecule has 0 aliphatic rings. The van der Waals surface area contributed by atoms with Crippen LogP contribution in [0.3, 0.4) is 0 Å². The SMILES string of the molecule is c1ccc(-c2cc(-c3cccc(-c4ccc5ccc(-c6ccc7ccc(-c8ccccn8)nc7c6)cc5n4)c3)nc(-c3cccc(-c4ccnc(-c5ccc6ccc(-c7ccc8ccc(-c9cccc(-c%10nc(-c%11ccccc%11)nc(-c%11ccccc%11)n%10)c9)nc8c7)cc6n5)c4)c3)n2)cc1. The molecular formula is C89H55N11. The molecule has 0 radical (unpaired) electrons. The second-order valence-corrected chi connectivity index (χ2v) is 24.7. The Hall–Kier alpha value is -13.8. The molecule has 0 aliphatic heterocycles. The maximum absolute atomic E-state index is 5.32. The summed E-state index contributed by atoms with van der Waals surface area (Å²) < 4.78 is 0. The third-order valence-electron chi connectivity index (χ3n) is 18.2. The fourth-order valence-electron chi connectivity index (χ4n) is 13.0. The van der Waals surface area contributed by atoms with Gasteiger partial charge in [-0.05, 0) is 130 Å². The van der Waals surface area contributed by atoms with E-state index < -0.39 is 0 Å². The Kier molecular flexibility index (Phi) is 14.9. The molecule has 0 unspecified atom stereocenters. The molecule has 0 amide bonds. The van der Waals surface area contributed by atoms with Crippen LogP contribution >= 0.6 is 0 Å². The average Bonchev–Trinajstić information content (AvgIpc) is 0.801. The van der Waals surface area contributed by atoms with Gasteiger partial charge in [0.25, 0.3) is 0 Å². The normalized spacial score (nSPS) is 11.4. The van der Waals surface area contributed by atoms with Gasteiger partial charge in [0.05, 0.1) is 67.6 Å². The lowest BCUT2D eigenvalue weighted by Crippen LogP contribution is -2.00. The lowest BCUT2D eigenvalue weighted by molar-refractivity contribution is 1.07. The number of hydrogen-bond acceptors (Lipinski definition) is 11. The van der Waals surface area contributed by atoms with Crippen LogP contribution < -0.4 is 0 Å². The van der Waals surface area contributed by atoms with E-state index in [0.717, 1.165) is 167 Å². The Balaban J connectivity index is 0.619. The van der Waals surface area contributed by atoms with Gasteiger partial charge in [-0.25, -0.2) is 44.9 Å². The van der Waals surface area contributed by atoms with Crippen molar-refractivity contribution in [1.29, 1.82) is 0 Å². The predicted molar refractivity (Wildman–Crippen MR) is 403 cm³/mol. The number of benzene rings is 10. The smallest absolute Gasteiger partial charge is 0.164 e. The van der Waals surface area contributed by atoms with E-state index in [1.807, 2.05) is 134 Å². The van der Waals surface area contributed by atoms with E-state index in [4.69, 9.17) is 49.8 Å². The zero-order valence-corrected chi connectivity index (χ0v) is 53.7. The molecule has 0 aliphatic carbocycles. The van der Waals surface area contributed by atoms with Crippen LogP contribution in [-0.4, -0.2) is 54.8 Å². The van der Waals surface area contributed by atoms with Gasteiger partial charge < -0.3 is 0 Å². The Morgan fingerprint density at radius 1 is 0.140 bits per heavy atom. The van der Waals surface area contributed by atoms with Gasteiger partial charge >= 0.3 is 0 Å². The highest BCUT2D eigenvalue weighted by Crippen LogP contribution is 2.37. The van der Waals surface area contributed by atoms with E-state index in [1.165, 1.54) is 0 Å². The van der Waals surface area contributed by atoms with Gasteiger partial charge in [-0.1, -0.05) is 224 Å². The van der Waals surface area contributed by atoms with Gasteiger partial charge in [0, 0.05) is 78.4 Å². The first-order valence-electron chi connectivity index (χ1n) is 33.1. The molecule has 0 saturated carbocycles. The molecule has 100 heavy (non-hydrogen) atoms. The van der Waals surface area contributed by atoms with Crippen molar-refractivity contribution < 1.29 is 0 Å². The molecule has 8 heterocycles. The van der Waals surface area contributed by atoms with Crippen LogP contribution in [0.1, 0.15) is 0 Å². The zero-order chi connectivity index (χ0) is 66.3. The maximum atomic E-state index is 5.32. The minimum Gasteiger partial charge on any atom is -0.255 e. The summed E-state index contributed by atoms with van der Waals surface area (Å²) >= 11 is 0. The first-order chi connectivity index (χ1) is 49.4. The Bertz CT molecular complexity index is 6110. The van der Waals surface area contributed by atoms with Crippen molar-refractivity contribution in [2.24, 2.45) is 0 Å². The molecule has 10 aromatic carbocycles. The van der Waals surface area contributed by atoms with Crippen molar-refractivity contribution in [3.8, 4) is 147 Å². The summed E-state index contributed by atoms with van der Waals surface area (Å²) in [5, 5.41) is 4.19. The van der Waals surface area contributed by atoms with Crippen molar-refractivity contribution in [2.75, 3.05) is 0 Å². The van der Waals surface area contributed by atoms with Crippen LogP contribution in [0.4, 0.5) is 0 Å². The van der Waals surface area contributed by atoms with E-state index in [0.29, 0.717) is 23.3 Å². The van der Waals surface area contributed by atoms with E-state index in [2.05, 4.69) is 199 Å². The molecule has 0 fully saturated rings. The van der Waals surface area contributed by atoms with Crippen molar-refractivity contribution >= 4 is 43.6 Å². The van der Waals surface area contributed by atoms with Gasteiger partial charge in [0.15, 0.2) is 23.3 Å². The van der Waals surface area contributed by atoms with E-state index in [-0.39, 0.29) is 0 Å². The lowest BCUT2D eigenvalue weighted by atomic mass is 10.00. The fraction of sp³-hybridized carbons (Fsp3) is 0. The fourth-order valence-corrected chi connectivity index (χ4v) is 13.0. The number of hydrogen-bond donors (Lipinski definition) is 0. The van der Waals surface area contributed by atoms with Crippen LogP contribution in [0.5, 0.6) is 0 Å². The molecule has 0 saturated heterocycles. The number of pyridine rings is 6. The highest BCUT2D eigenvalue weighted by atomic mass is 15.0. The first-order valence-corrected chi connectivity index (χ1v) is 33.1. The quantitative estimate of drug-likeness (QED) is 0.109. The minimum atomic E-state index is 0.589. The standard InChI is InChI=1S/C89H55N11/c1-4-15-56(16-5-1)83-55-84(71-24-13-22-69(48-71)74-40-36-57-28-32-64(50-79(57)92-74)66-34-30-59-38-42-77(94-81(59)52-66)76-27-10-11-45-90-76)97-88(96-83)72-25-12-21-63(47-72)68-44-46-91-85(54-68)78-43-39-60-31-35-67(53-82(60)95-78)65-33-29-58-37-41-75(93-80(58)51-65)70-23-14-26-73(49-70)89-99-86(61-17-6-2-7-18-61)98-87(100-89)62-19-8-3-9-20-62/h1-55H. The topological polar surface area (TPSA) is 142 Å². The summed E-state index contributed by atoms with van der Waals surface area (Å²) in [6, 6.07) is 110. The van der Waals surface area contributed by atoms with Gasteiger partial charge in [-0.2, -0.15) is 0 Å². The van der Waals surface area contributed by atoms with Gasteiger partial charge in [0.2, 0.25) is 0 Å².